The summed E-state index contributed by atoms with van der Waals surface area (Å²) in [5, 5.41) is 2.46. The van der Waals surface area contributed by atoms with Crippen LogP contribution in [0.15, 0.2) is 200 Å². The van der Waals surface area contributed by atoms with Crippen LogP contribution in [0.2, 0.25) is 0 Å². The van der Waals surface area contributed by atoms with Gasteiger partial charge in [-0.2, -0.15) is 0 Å². The van der Waals surface area contributed by atoms with E-state index < -0.39 is 0 Å². The molecule has 13 rings (SSSR count). The summed E-state index contributed by atoms with van der Waals surface area (Å²) in [6.07, 6.45) is 12.0. The fraction of sp³-hybridized carbons (Fsp3) is 0.129. The van der Waals surface area contributed by atoms with Crippen LogP contribution >= 0.6 is 0 Å². The number of hydrogen-bond donors (Lipinski definition) is 0. The highest BCUT2D eigenvalue weighted by molar-refractivity contribution is 6.10. The van der Waals surface area contributed by atoms with Crippen molar-refractivity contribution in [3.8, 4) is 22.3 Å². The van der Waals surface area contributed by atoms with Crippen molar-refractivity contribution in [2.24, 2.45) is 0 Å². The lowest BCUT2D eigenvalue weighted by Gasteiger charge is -2.40. The molecule has 0 saturated heterocycles. The van der Waals surface area contributed by atoms with Gasteiger partial charge in [0.25, 0.3) is 0 Å². The van der Waals surface area contributed by atoms with Crippen LogP contribution in [-0.2, 0) is 11.8 Å². The van der Waals surface area contributed by atoms with E-state index in [4.69, 9.17) is 0 Å². The second-order valence-corrected chi connectivity index (χ2v) is 18.3. The molecule has 3 nitrogen and oxygen atoms in total. The molecular formula is C62H49N3. The maximum atomic E-state index is 2.56. The second kappa shape index (κ2) is 15.3. The average Bonchev–Trinajstić information content (AvgIpc) is 3.98. The predicted molar refractivity (Wildman–Crippen MR) is 274 cm³/mol. The Hall–Kier alpha value is -7.62. The van der Waals surface area contributed by atoms with Crippen LogP contribution in [-0.4, -0.2) is 6.54 Å². The molecule has 4 aliphatic rings. The van der Waals surface area contributed by atoms with E-state index in [0.29, 0.717) is 0 Å². The van der Waals surface area contributed by atoms with Gasteiger partial charge in [-0.15, -0.1) is 0 Å². The Kier molecular flexibility index (Phi) is 8.91. The molecule has 0 atom stereocenters. The lowest BCUT2D eigenvalue weighted by atomic mass is 9.76. The minimum Gasteiger partial charge on any atom is -0.341 e. The van der Waals surface area contributed by atoms with Crippen LogP contribution in [0.1, 0.15) is 59.9 Å². The highest BCUT2D eigenvalue weighted by Gasteiger charge is 2.45. The zero-order chi connectivity index (χ0) is 42.9. The van der Waals surface area contributed by atoms with E-state index >= 15 is 0 Å². The van der Waals surface area contributed by atoms with E-state index in [1.54, 1.807) is 5.56 Å². The third kappa shape index (κ3) is 6.10. The Labute approximate surface area is 382 Å². The van der Waals surface area contributed by atoms with E-state index in [1.807, 2.05) is 0 Å². The molecule has 0 unspecified atom stereocenters. The summed E-state index contributed by atoms with van der Waals surface area (Å²) in [4.78, 5) is 7.39. The van der Waals surface area contributed by atoms with Crippen molar-refractivity contribution < 1.29 is 0 Å². The van der Waals surface area contributed by atoms with Gasteiger partial charge < -0.3 is 14.7 Å². The molecule has 1 fully saturated rings. The van der Waals surface area contributed by atoms with Crippen LogP contribution in [0, 0.1) is 0 Å². The van der Waals surface area contributed by atoms with Gasteiger partial charge >= 0.3 is 0 Å². The number of anilines is 8. The predicted octanol–water partition coefficient (Wildman–Crippen LogP) is 16.9. The molecule has 1 spiro atoms. The van der Waals surface area contributed by atoms with Gasteiger partial charge in [0, 0.05) is 34.4 Å². The minimum atomic E-state index is 0.100. The van der Waals surface area contributed by atoms with E-state index in [9.17, 15) is 0 Å². The minimum absolute atomic E-state index is 0.100. The van der Waals surface area contributed by atoms with Crippen molar-refractivity contribution in [2.75, 3.05) is 21.2 Å². The standard InChI is InChI=1S/C62H49N3/c1-2-17-47(18-3-1)64-58-22-8-10-24-60(58)65(61-25-11-9-23-59(61)64)57-37-36-49(50-19-5-6-20-53(50)57)45-31-28-43(29-32-45)26-27-44-30-34-51-52-35-33-48(63-40-14-16-46-15-4-7-21-56(46)63)42-55(52)62(54(51)41-44)38-12-13-39-62/h1-11,15,17-37,41-42H,12-14,16,38-40H2/b27-26+. The van der Waals surface area contributed by atoms with Crippen molar-refractivity contribution in [3.05, 3.63) is 228 Å². The molecule has 0 radical (unpaired) electrons. The van der Waals surface area contributed by atoms with Gasteiger partial charge in [0.15, 0.2) is 0 Å². The smallest absolute Gasteiger partial charge is 0.0703 e. The van der Waals surface area contributed by atoms with Crippen LogP contribution in [0.3, 0.4) is 0 Å². The average molecular weight is 836 g/mol. The Bertz CT molecular complexity index is 3270. The van der Waals surface area contributed by atoms with Crippen molar-refractivity contribution in [1.82, 2.24) is 0 Å². The molecule has 0 aromatic heterocycles. The fourth-order valence-corrected chi connectivity index (χ4v) is 11.8. The van der Waals surface area contributed by atoms with Crippen LogP contribution in [0.5, 0.6) is 0 Å². The first-order valence-corrected chi connectivity index (χ1v) is 23.5. The first kappa shape index (κ1) is 37.9. The molecule has 0 amide bonds. The number of fused-ring (bicyclic) bond motifs is 9. The van der Waals surface area contributed by atoms with Crippen molar-refractivity contribution in [1.29, 1.82) is 0 Å². The van der Waals surface area contributed by atoms with Crippen molar-refractivity contribution in [2.45, 2.75) is 43.9 Å². The van der Waals surface area contributed by atoms with Crippen molar-refractivity contribution in [3.63, 3.8) is 0 Å². The second-order valence-electron chi connectivity index (χ2n) is 18.3. The van der Waals surface area contributed by atoms with Gasteiger partial charge in [-0.25, -0.2) is 0 Å². The summed E-state index contributed by atoms with van der Waals surface area (Å²) in [6.45, 7) is 1.08. The molecule has 9 aromatic rings. The monoisotopic (exact) mass is 835 g/mol. The Morgan fingerprint density at radius 3 is 1.69 bits per heavy atom. The largest absolute Gasteiger partial charge is 0.341 e. The first-order valence-electron chi connectivity index (χ1n) is 23.5. The number of nitrogens with zero attached hydrogens (tertiary/aromatic N) is 3. The molecule has 65 heavy (non-hydrogen) atoms. The number of hydrogen-bond acceptors (Lipinski definition) is 3. The number of benzene rings is 9. The summed E-state index contributed by atoms with van der Waals surface area (Å²) in [5.74, 6) is 0. The van der Waals surface area contributed by atoms with Crippen LogP contribution in [0.25, 0.3) is 45.2 Å². The van der Waals surface area contributed by atoms with E-state index in [2.05, 4.69) is 227 Å². The zero-order valence-electron chi connectivity index (χ0n) is 36.5. The molecular weight excluding hydrogens is 787 g/mol. The molecule has 312 valence electrons. The third-order valence-corrected chi connectivity index (χ3v) is 14.8. The summed E-state index contributed by atoms with van der Waals surface area (Å²) in [6, 6.07) is 74.4. The number of para-hydroxylation sites is 6. The molecule has 3 heteroatoms. The van der Waals surface area contributed by atoms with E-state index in [-0.39, 0.29) is 5.41 Å². The number of rotatable bonds is 6. The summed E-state index contributed by atoms with van der Waals surface area (Å²) < 4.78 is 0. The van der Waals surface area contributed by atoms with Gasteiger partial charge in [0.2, 0.25) is 0 Å². The van der Waals surface area contributed by atoms with Crippen LogP contribution in [0.4, 0.5) is 45.5 Å². The third-order valence-electron chi connectivity index (χ3n) is 14.8. The Morgan fingerprint density at radius 2 is 0.954 bits per heavy atom. The maximum Gasteiger partial charge on any atom is 0.0703 e. The SMILES string of the molecule is C(=C\c1ccc2c(c1)C1(CCCC1)c1cc(N3CCCc4ccccc43)ccc1-2)/c1ccc(-c2ccc(N3c4ccccc4N(c4ccccc4)c4ccccc43)c3ccccc23)cc1. The summed E-state index contributed by atoms with van der Waals surface area (Å²) in [7, 11) is 0. The highest BCUT2D eigenvalue weighted by Crippen LogP contribution is 2.59. The lowest BCUT2D eigenvalue weighted by molar-refractivity contribution is 0.549. The number of aryl methyl sites for hydroxylation is 1. The molecule has 9 aromatic carbocycles. The normalized spacial score (nSPS) is 15.5. The van der Waals surface area contributed by atoms with E-state index in [1.165, 1.54) is 111 Å². The first-order chi connectivity index (χ1) is 32.2. The molecule has 0 bridgehead atoms. The molecule has 2 aliphatic heterocycles. The highest BCUT2D eigenvalue weighted by atomic mass is 15.3. The topological polar surface area (TPSA) is 9.72 Å². The van der Waals surface area contributed by atoms with Gasteiger partial charge in [-0.1, -0.05) is 165 Å². The van der Waals surface area contributed by atoms with Crippen LogP contribution < -0.4 is 14.7 Å². The Balaban J connectivity index is 0.805. The lowest BCUT2D eigenvalue weighted by Crippen LogP contribution is -2.25. The summed E-state index contributed by atoms with van der Waals surface area (Å²) >= 11 is 0. The van der Waals surface area contributed by atoms with Gasteiger partial charge in [0.05, 0.1) is 28.4 Å². The van der Waals surface area contributed by atoms with Gasteiger partial charge in [-0.05, 0) is 142 Å². The van der Waals surface area contributed by atoms with Crippen molar-refractivity contribution >= 4 is 68.4 Å². The fourth-order valence-electron chi connectivity index (χ4n) is 11.8. The van der Waals surface area contributed by atoms with E-state index in [0.717, 1.165) is 35.0 Å². The maximum absolute atomic E-state index is 2.56. The molecule has 1 saturated carbocycles. The molecule has 2 aliphatic carbocycles. The quantitative estimate of drug-likeness (QED) is 0.155. The summed E-state index contributed by atoms with van der Waals surface area (Å²) in [5.41, 5.74) is 22.1. The Morgan fingerprint density at radius 1 is 0.385 bits per heavy atom. The van der Waals surface area contributed by atoms with Gasteiger partial charge in [-0.3, -0.25) is 0 Å². The molecule has 2 heterocycles. The molecule has 0 N–H and O–H groups in total. The van der Waals surface area contributed by atoms with Gasteiger partial charge in [0.1, 0.15) is 0 Å². The zero-order valence-corrected chi connectivity index (χ0v) is 36.5.